The lowest BCUT2D eigenvalue weighted by Crippen LogP contribution is -2.44. The summed E-state index contributed by atoms with van der Waals surface area (Å²) in [7, 11) is 3.07. The van der Waals surface area contributed by atoms with Crippen molar-refractivity contribution in [2.45, 2.75) is 38.9 Å². The molecule has 0 bridgehead atoms. The maximum atomic E-state index is 14.3. The standard InChI is InChI=1S/C31H34N8O4/c1-4-5-14-38-27-26(25(28(40)34-12-15-43-3)29(38)37-13-8-10-22(33)18-37)36(2)31(42)39(30(27)41)19-24-21(17-32)16-20-9-6-7-11-23(20)35-24/h6-7,9,11,16,22H,8,10,12-15,18-19,33H2,1-3H3,(H,34,40)/t22-/m1/s1. The van der Waals surface area contributed by atoms with Crippen molar-refractivity contribution in [2.75, 3.05) is 38.3 Å². The maximum Gasteiger partial charge on any atom is 0.331 e. The second kappa shape index (κ2) is 12.5. The average molecular weight is 583 g/mol. The number of aromatic nitrogens is 4. The van der Waals surface area contributed by atoms with Crippen LogP contribution in [-0.4, -0.2) is 64.0 Å². The van der Waals surface area contributed by atoms with Gasteiger partial charge in [0, 0.05) is 45.2 Å². The Morgan fingerprint density at radius 3 is 2.74 bits per heavy atom. The Bertz CT molecular complexity index is 1940. The lowest BCUT2D eigenvalue weighted by atomic mass is 10.1. The lowest BCUT2D eigenvalue weighted by Gasteiger charge is -2.33. The van der Waals surface area contributed by atoms with Gasteiger partial charge in [0.15, 0.2) is 0 Å². The van der Waals surface area contributed by atoms with Crippen LogP contribution in [0.25, 0.3) is 21.9 Å². The molecular formula is C31H34N8O4. The first-order valence-corrected chi connectivity index (χ1v) is 14.1. The van der Waals surface area contributed by atoms with Gasteiger partial charge in [0.25, 0.3) is 11.5 Å². The molecule has 222 valence electrons. The number of pyridine rings is 1. The molecule has 5 rings (SSSR count). The van der Waals surface area contributed by atoms with Gasteiger partial charge in [-0.2, -0.15) is 5.26 Å². The number of nitrogens with two attached hydrogens (primary N) is 1. The van der Waals surface area contributed by atoms with Gasteiger partial charge in [0.1, 0.15) is 23.0 Å². The van der Waals surface area contributed by atoms with Crippen molar-refractivity contribution in [3.05, 3.63) is 68.0 Å². The first kappa shape index (κ1) is 29.6. The zero-order valence-corrected chi connectivity index (χ0v) is 24.5. The summed E-state index contributed by atoms with van der Waals surface area (Å²) in [6.07, 6.45) is 1.65. The van der Waals surface area contributed by atoms with Crippen LogP contribution in [0.4, 0.5) is 5.82 Å². The molecule has 0 aliphatic carbocycles. The van der Waals surface area contributed by atoms with Crippen molar-refractivity contribution in [2.24, 2.45) is 12.8 Å². The van der Waals surface area contributed by atoms with Crippen LogP contribution in [0.15, 0.2) is 39.9 Å². The Kier molecular flexibility index (Phi) is 8.62. The van der Waals surface area contributed by atoms with Crippen LogP contribution in [0.5, 0.6) is 0 Å². The second-order valence-electron chi connectivity index (χ2n) is 10.5. The van der Waals surface area contributed by atoms with E-state index in [0.29, 0.717) is 36.7 Å². The molecule has 1 amide bonds. The van der Waals surface area contributed by atoms with Crippen molar-refractivity contribution in [1.29, 1.82) is 5.26 Å². The topological polar surface area (TPSA) is 153 Å². The number of nitrogens with one attached hydrogen (secondary N) is 1. The van der Waals surface area contributed by atoms with Crippen LogP contribution in [-0.2, 0) is 24.9 Å². The number of fused-ring (bicyclic) bond motifs is 2. The number of carbonyl (C=O) groups is 1. The number of benzene rings is 1. The number of piperidine rings is 1. The van der Waals surface area contributed by atoms with Crippen LogP contribution in [0.1, 0.15) is 41.4 Å². The third-order valence-corrected chi connectivity index (χ3v) is 7.73. The van der Waals surface area contributed by atoms with Gasteiger partial charge in [0.2, 0.25) is 0 Å². The summed E-state index contributed by atoms with van der Waals surface area (Å²) in [6.45, 7) is 3.22. The number of methoxy groups -OCH3 is 1. The van der Waals surface area contributed by atoms with Crippen molar-refractivity contribution in [3.8, 4) is 17.9 Å². The number of para-hydroxylation sites is 1. The smallest absolute Gasteiger partial charge is 0.331 e. The molecule has 3 N–H and O–H groups in total. The zero-order chi connectivity index (χ0) is 30.7. The largest absolute Gasteiger partial charge is 0.383 e. The minimum absolute atomic E-state index is 0.116. The van der Waals surface area contributed by atoms with Crippen molar-refractivity contribution >= 4 is 33.7 Å². The number of nitriles is 1. The summed E-state index contributed by atoms with van der Waals surface area (Å²) in [6, 6.07) is 11.1. The van der Waals surface area contributed by atoms with E-state index < -0.39 is 17.2 Å². The molecule has 1 aromatic carbocycles. The number of amides is 1. The van der Waals surface area contributed by atoms with Gasteiger partial charge < -0.3 is 25.3 Å². The molecule has 1 atom stereocenters. The summed E-state index contributed by atoms with van der Waals surface area (Å²) < 4.78 is 9.21. The minimum Gasteiger partial charge on any atom is -0.383 e. The Morgan fingerprint density at radius 1 is 1.23 bits per heavy atom. The summed E-state index contributed by atoms with van der Waals surface area (Å²) >= 11 is 0. The molecule has 43 heavy (non-hydrogen) atoms. The molecule has 0 spiro atoms. The molecule has 1 saturated heterocycles. The highest BCUT2D eigenvalue weighted by molar-refractivity contribution is 6.11. The molecule has 12 heteroatoms. The third-order valence-electron chi connectivity index (χ3n) is 7.73. The molecule has 4 heterocycles. The van der Waals surface area contributed by atoms with E-state index in [2.05, 4.69) is 28.2 Å². The van der Waals surface area contributed by atoms with Gasteiger partial charge in [-0.15, -0.1) is 5.92 Å². The fourth-order valence-electron chi connectivity index (χ4n) is 5.70. The predicted molar refractivity (Wildman–Crippen MR) is 164 cm³/mol. The maximum absolute atomic E-state index is 14.3. The first-order chi connectivity index (χ1) is 20.8. The van der Waals surface area contributed by atoms with Crippen LogP contribution in [0.3, 0.4) is 0 Å². The third kappa shape index (κ3) is 5.50. The number of hydrogen-bond acceptors (Lipinski definition) is 8. The van der Waals surface area contributed by atoms with Crippen LogP contribution >= 0.6 is 0 Å². The molecule has 1 aliphatic rings. The van der Waals surface area contributed by atoms with Gasteiger partial charge in [0.05, 0.1) is 42.0 Å². The molecule has 1 fully saturated rings. The summed E-state index contributed by atoms with van der Waals surface area (Å²) in [5, 5.41) is 13.5. The first-order valence-electron chi connectivity index (χ1n) is 14.1. The highest BCUT2D eigenvalue weighted by Crippen LogP contribution is 2.33. The summed E-state index contributed by atoms with van der Waals surface area (Å²) in [5.74, 6) is 5.97. The van der Waals surface area contributed by atoms with Crippen molar-refractivity contribution in [3.63, 3.8) is 0 Å². The monoisotopic (exact) mass is 582 g/mol. The van der Waals surface area contributed by atoms with E-state index in [1.165, 1.54) is 18.7 Å². The zero-order valence-electron chi connectivity index (χ0n) is 24.5. The van der Waals surface area contributed by atoms with Crippen LogP contribution in [0.2, 0.25) is 0 Å². The highest BCUT2D eigenvalue weighted by Gasteiger charge is 2.33. The summed E-state index contributed by atoms with van der Waals surface area (Å²) in [5.41, 5.74) is 6.89. The molecule has 0 unspecified atom stereocenters. The molecule has 0 saturated carbocycles. The quantitative estimate of drug-likeness (QED) is 0.233. The molecule has 4 aromatic rings. The minimum atomic E-state index is -0.636. The predicted octanol–water partition coefficient (Wildman–Crippen LogP) is 1.30. The number of carbonyl (C=O) groups excluding carboxylic acids is 1. The van der Waals surface area contributed by atoms with Crippen molar-refractivity contribution in [1.82, 2.24) is 24.0 Å². The van der Waals surface area contributed by atoms with Crippen LogP contribution < -0.4 is 27.2 Å². The van der Waals surface area contributed by atoms with Crippen molar-refractivity contribution < 1.29 is 9.53 Å². The van der Waals surface area contributed by atoms with Gasteiger partial charge in [-0.1, -0.05) is 24.1 Å². The van der Waals surface area contributed by atoms with E-state index in [1.54, 1.807) is 17.6 Å². The van der Waals surface area contributed by atoms with Gasteiger partial charge in [-0.3, -0.25) is 18.7 Å². The van der Waals surface area contributed by atoms with E-state index >= 15 is 0 Å². The van der Waals surface area contributed by atoms with E-state index in [-0.39, 0.29) is 47.8 Å². The van der Waals surface area contributed by atoms with E-state index in [4.69, 9.17) is 10.5 Å². The van der Waals surface area contributed by atoms with E-state index in [9.17, 15) is 19.6 Å². The Balaban J connectivity index is 1.79. The molecule has 12 nitrogen and oxygen atoms in total. The summed E-state index contributed by atoms with van der Waals surface area (Å²) in [4.78, 5) is 48.6. The number of aryl methyl sites for hydroxylation is 1. The lowest BCUT2D eigenvalue weighted by molar-refractivity contribution is 0.0938. The Morgan fingerprint density at radius 2 is 2.02 bits per heavy atom. The SMILES string of the molecule is CC#CCn1c(N2CCC[C@@H](N)C2)c(C(=O)NCCOC)c2c1c(=O)n(Cc1nc3ccccc3cc1C#N)c(=O)n2C. The highest BCUT2D eigenvalue weighted by atomic mass is 16.5. The average Bonchev–Trinajstić information content (AvgIpc) is 3.36. The second-order valence-corrected chi connectivity index (χ2v) is 10.5. The molecular weight excluding hydrogens is 548 g/mol. The van der Waals surface area contributed by atoms with Crippen LogP contribution in [0, 0.1) is 23.2 Å². The number of ether oxygens (including phenoxy) is 1. The fraction of sp³-hybridized carbons (Fsp3) is 0.387. The molecule has 3 aromatic heterocycles. The Labute approximate surface area is 248 Å². The van der Waals surface area contributed by atoms with Gasteiger partial charge in [-0.25, -0.2) is 9.78 Å². The van der Waals surface area contributed by atoms with Gasteiger partial charge in [-0.05, 0) is 31.9 Å². The molecule has 1 aliphatic heterocycles. The molecule has 0 radical (unpaired) electrons. The van der Waals surface area contributed by atoms with E-state index in [1.807, 2.05) is 29.2 Å². The number of nitrogens with zero attached hydrogens (tertiary/aromatic N) is 6. The normalized spacial score (nSPS) is 14.9. The van der Waals surface area contributed by atoms with Gasteiger partial charge >= 0.3 is 5.69 Å². The number of anilines is 1. The number of rotatable bonds is 8. The Hall–Kier alpha value is -4.91. The number of hydrogen-bond donors (Lipinski definition) is 2. The fourth-order valence-corrected chi connectivity index (χ4v) is 5.70. The van der Waals surface area contributed by atoms with E-state index in [0.717, 1.165) is 22.8 Å².